The molecule has 1 rings (SSSR count). The molecule has 114 valence electrons. The maximum atomic E-state index is 13.9. The molecule has 0 radical (unpaired) electrons. The van der Waals surface area contributed by atoms with Gasteiger partial charge in [-0.05, 0) is 6.92 Å². The number of phosphoric ester groups is 1. The van der Waals surface area contributed by atoms with Crippen molar-refractivity contribution < 1.29 is 52.0 Å². The van der Waals surface area contributed by atoms with E-state index in [0.717, 1.165) is 6.92 Å². The number of phosphoric acid groups is 2. The Bertz CT molecular complexity index is 434. The molecule has 0 bridgehead atoms. The van der Waals surface area contributed by atoms with Gasteiger partial charge in [0.1, 0.15) is 18.3 Å². The normalized spacial score (nSPS) is 39.2. The Labute approximate surface area is 106 Å². The number of halogens is 1. The standard InChI is InChI=1S/C6H13FO10P2/c1-5(9)2-15-6(7,4(5)8)3-16-19(13,14)17-18(10,11)12/h4,8-9H,2-3H2,1H3,(H,13,14)(H2,10,11,12)/t4-,5-,6+/m0/s1. The quantitative estimate of drug-likeness (QED) is 0.397. The van der Waals surface area contributed by atoms with Gasteiger partial charge in [0.2, 0.25) is 0 Å². The molecule has 13 heteroatoms. The molecule has 1 unspecified atom stereocenters. The summed E-state index contributed by atoms with van der Waals surface area (Å²) >= 11 is 0. The van der Waals surface area contributed by atoms with E-state index in [1.807, 2.05) is 0 Å². The van der Waals surface area contributed by atoms with Gasteiger partial charge in [0.25, 0.3) is 5.85 Å². The molecule has 0 saturated carbocycles. The van der Waals surface area contributed by atoms with Crippen LogP contribution < -0.4 is 0 Å². The van der Waals surface area contributed by atoms with Crippen LogP contribution in [0.5, 0.6) is 0 Å². The Morgan fingerprint density at radius 2 is 1.95 bits per heavy atom. The van der Waals surface area contributed by atoms with Crippen LogP contribution >= 0.6 is 15.6 Å². The van der Waals surface area contributed by atoms with Crippen molar-refractivity contribution in [3.05, 3.63) is 0 Å². The largest absolute Gasteiger partial charge is 0.481 e. The van der Waals surface area contributed by atoms with Crippen LogP contribution in [0.1, 0.15) is 6.92 Å². The van der Waals surface area contributed by atoms with Crippen LogP contribution in [-0.4, -0.2) is 55.7 Å². The smallest absolute Gasteiger partial charge is 0.385 e. The summed E-state index contributed by atoms with van der Waals surface area (Å²) in [6.45, 7) is -0.926. The molecule has 0 aromatic rings. The second-order valence-electron chi connectivity index (χ2n) is 4.15. The minimum Gasteiger partial charge on any atom is -0.385 e. The molecule has 0 aromatic carbocycles. The van der Waals surface area contributed by atoms with E-state index in [4.69, 9.17) is 14.7 Å². The van der Waals surface area contributed by atoms with Crippen molar-refractivity contribution >= 4 is 15.6 Å². The molecule has 0 spiro atoms. The van der Waals surface area contributed by atoms with Gasteiger partial charge >= 0.3 is 15.6 Å². The average Bonchev–Trinajstić information content (AvgIpc) is 2.38. The summed E-state index contributed by atoms with van der Waals surface area (Å²) in [5.74, 6) is -3.01. The second kappa shape index (κ2) is 5.12. The molecule has 0 amide bonds. The third-order valence-electron chi connectivity index (χ3n) is 2.24. The molecule has 0 aliphatic carbocycles. The van der Waals surface area contributed by atoms with Crippen LogP contribution in [0.25, 0.3) is 0 Å². The van der Waals surface area contributed by atoms with Gasteiger partial charge in [-0.3, -0.25) is 4.52 Å². The van der Waals surface area contributed by atoms with E-state index in [0.29, 0.717) is 0 Å². The molecular weight excluding hydrogens is 313 g/mol. The van der Waals surface area contributed by atoms with Crippen molar-refractivity contribution in [1.82, 2.24) is 0 Å². The zero-order valence-corrected chi connectivity index (χ0v) is 11.3. The van der Waals surface area contributed by atoms with Crippen LogP contribution in [0.15, 0.2) is 0 Å². The van der Waals surface area contributed by atoms with Gasteiger partial charge < -0.3 is 29.6 Å². The molecule has 1 heterocycles. The number of aliphatic hydroxyl groups excluding tert-OH is 1. The van der Waals surface area contributed by atoms with Crippen LogP contribution in [0, 0.1) is 0 Å². The first-order valence-electron chi connectivity index (χ1n) is 4.75. The molecular formula is C6H13FO10P2. The fourth-order valence-corrected chi connectivity index (χ4v) is 2.94. The Balaban J connectivity index is 2.67. The molecule has 19 heavy (non-hydrogen) atoms. The summed E-state index contributed by atoms with van der Waals surface area (Å²) in [7, 11) is -10.6. The Morgan fingerprint density at radius 3 is 2.32 bits per heavy atom. The summed E-state index contributed by atoms with van der Waals surface area (Å²) in [4.78, 5) is 25.5. The third kappa shape index (κ3) is 4.54. The van der Waals surface area contributed by atoms with E-state index >= 15 is 0 Å². The van der Waals surface area contributed by atoms with E-state index in [2.05, 4.69) is 13.6 Å². The summed E-state index contributed by atoms with van der Waals surface area (Å²) in [6.07, 6.45) is -2.09. The Morgan fingerprint density at radius 1 is 1.42 bits per heavy atom. The van der Waals surface area contributed by atoms with E-state index in [1.54, 1.807) is 0 Å². The highest BCUT2D eigenvalue weighted by Crippen LogP contribution is 2.58. The molecule has 5 N–H and O–H groups in total. The first-order valence-corrected chi connectivity index (χ1v) is 7.78. The minimum absolute atomic E-state index is 0.608. The van der Waals surface area contributed by atoms with E-state index in [-0.39, 0.29) is 0 Å². The number of hydrogen-bond donors (Lipinski definition) is 5. The fourth-order valence-electron chi connectivity index (χ4n) is 1.34. The first-order chi connectivity index (χ1) is 8.28. The van der Waals surface area contributed by atoms with Gasteiger partial charge in [0.05, 0.1) is 6.61 Å². The molecule has 1 fully saturated rings. The fraction of sp³-hybridized carbons (Fsp3) is 1.00. The lowest BCUT2D eigenvalue weighted by Crippen LogP contribution is -2.48. The van der Waals surface area contributed by atoms with Crippen molar-refractivity contribution in [2.24, 2.45) is 0 Å². The van der Waals surface area contributed by atoms with Gasteiger partial charge in [-0.2, -0.15) is 4.31 Å². The predicted molar refractivity (Wildman–Crippen MR) is 55.3 cm³/mol. The summed E-state index contributed by atoms with van der Waals surface area (Å²) in [5.41, 5.74) is -1.94. The van der Waals surface area contributed by atoms with E-state index in [9.17, 15) is 23.7 Å². The SMILES string of the molecule is C[C@]1(O)CO[C@](F)(COP(=O)(O)OP(=O)(O)O)[C@H]1O. The van der Waals surface area contributed by atoms with Crippen molar-refractivity contribution in [3.8, 4) is 0 Å². The molecule has 0 aromatic heterocycles. The van der Waals surface area contributed by atoms with Gasteiger partial charge in [-0.25, -0.2) is 13.5 Å². The van der Waals surface area contributed by atoms with Crippen LogP contribution in [0.3, 0.4) is 0 Å². The van der Waals surface area contributed by atoms with Crippen LogP contribution in [0.4, 0.5) is 4.39 Å². The monoisotopic (exact) mass is 326 g/mol. The van der Waals surface area contributed by atoms with Crippen molar-refractivity contribution in [3.63, 3.8) is 0 Å². The van der Waals surface area contributed by atoms with Gasteiger partial charge in [0, 0.05) is 0 Å². The van der Waals surface area contributed by atoms with Crippen LogP contribution in [0.2, 0.25) is 0 Å². The molecule has 1 aliphatic rings. The van der Waals surface area contributed by atoms with Crippen molar-refractivity contribution in [1.29, 1.82) is 0 Å². The predicted octanol–water partition coefficient (Wildman–Crippen LogP) is -0.979. The van der Waals surface area contributed by atoms with Crippen molar-refractivity contribution in [2.75, 3.05) is 13.2 Å². The maximum absolute atomic E-state index is 13.9. The zero-order valence-electron chi connectivity index (χ0n) is 9.54. The van der Waals surface area contributed by atoms with E-state index in [1.165, 1.54) is 0 Å². The van der Waals surface area contributed by atoms with E-state index < -0.39 is 46.4 Å². The lowest BCUT2D eigenvalue weighted by atomic mass is 9.98. The van der Waals surface area contributed by atoms with Crippen LogP contribution in [-0.2, 0) is 22.7 Å². The lowest BCUT2D eigenvalue weighted by Gasteiger charge is -2.26. The highest BCUT2D eigenvalue weighted by molar-refractivity contribution is 7.60. The zero-order chi connectivity index (χ0) is 15.1. The number of hydrogen-bond acceptors (Lipinski definition) is 7. The maximum Gasteiger partial charge on any atom is 0.481 e. The molecule has 1 aliphatic heterocycles. The first kappa shape index (κ1) is 17.1. The summed E-state index contributed by atoms with van der Waals surface area (Å²) < 4.78 is 47.1. The highest BCUT2D eigenvalue weighted by Gasteiger charge is 2.57. The van der Waals surface area contributed by atoms with Gasteiger partial charge in [-0.1, -0.05) is 0 Å². The highest BCUT2D eigenvalue weighted by atomic mass is 31.3. The number of aliphatic hydroxyl groups is 2. The van der Waals surface area contributed by atoms with Gasteiger partial charge in [-0.15, -0.1) is 0 Å². The number of alkyl halides is 1. The van der Waals surface area contributed by atoms with Crippen molar-refractivity contribution in [2.45, 2.75) is 24.5 Å². The average molecular weight is 326 g/mol. The topological polar surface area (TPSA) is 163 Å². The molecule has 10 nitrogen and oxygen atoms in total. The summed E-state index contributed by atoms with van der Waals surface area (Å²) in [5, 5.41) is 18.9. The minimum atomic E-state index is -5.32. The van der Waals surface area contributed by atoms with Gasteiger partial charge in [0.15, 0.2) is 0 Å². The number of ether oxygens (including phenoxy) is 1. The molecule has 4 atom stereocenters. The summed E-state index contributed by atoms with van der Waals surface area (Å²) in [6, 6.07) is 0. The Kier molecular flexibility index (Phi) is 4.61. The Hall–Kier alpha value is 0.0700. The third-order valence-corrected chi connectivity index (χ3v) is 4.37. The molecule has 1 saturated heterocycles. The second-order valence-corrected chi connectivity index (χ2v) is 6.98. The number of rotatable bonds is 5. The lowest BCUT2D eigenvalue weighted by molar-refractivity contribution is -0.183.